The number of anilines is 1. The minimum absolute atomic E-state index is 0.414. The van der Waals surface area contributed by atoms with Crippen LogP contribution in [0, 0.1) is 5.92 Å². The second-order valence-corrected chi connectivity index (χ2v) is 5.01. The summed E-state index contributed by atoms with van der Waals surface area (Å²) >= 11 is 5.83. The van der Waals surface area contributed by atoms with Gasteiger partial charge in [-0.15, -0.1) is 0 Å². The first-order chi connectivity index (χ1) is 9.69. The lowest BCUT2D eigenvalue weighted by Crippen LogP contribution is -2.49. The molecule has 0 radical (unpaired) electrons. The molecule has 1 aromatic rings. The van der Waals surface area contributed by atoms with E-state index in [-0.39, 0.29) is 0 Å². The standard InChI is InChI=1S/C14H14ClNO4/c15-11-1-3-12(4-2-11)16-14(10(7-17)8-18)6-5-13(9-19)20-16/h1-4,7-10,13-14H,5-6H2/t13-,14-/m1/s1. The largest absolute Gasteiger partial charge is 0.303 e. The average Bonchev–Trinajstić information content (AvgIpc) is 2.49. The molecule has 0 N–H and O–H groups in total. The van der Waals surface area contributed by atoms with Crippen molar-refractivity contribution in [2.75, 3.05) is 5.06 Å². The summed E-state index contributed by atoms with van der Waals surface area (Å²) in [6.07, 6.45) is 2.36. The number of nitrogens with zero attached hydrogens (tertiary/aromatic N) is 1. The summed E-state index contributed by atoms with van der Waals surface area (Å²) in [5, 5.41) is 2.03. The Morgan fingerprint density at radius 3 is 2.35 bits per heavy atom. The van der Waals surface area contributed by atoms with Gasteiger partial charge in [-0.1, -0.05) is 11.6 Å². The second-order valence-electron chi connectivity index (χ2n) is 4.58. The van der Waals surface area contributed by atoms with E-state index in [9.17, 15) is 14.4 Å². The minimum Gasteiger partial charge on any atom is -0.303 e. The third-order valence-corrected chi connectivity index (χ3v) is 3.54. The highest BCUT2D eigenvalue weighted by Gasteiger charge is 2.35. The van der Waals surface area contributed by atoms with Crippen molar-refractivity contribution in [3.05, 3.63) is 29.3 Å². The molecule has 2 atom stereocenters. The van der Waals surface area contributed by atoms with Crippen LogP contribution in [0.4, 0.5) is 5.69 Å². The summed E-state index contributed by atoms with van der Waals surface area (Å²) < 4.78 is 0. The Bertz CT molecular complexity index is 482. The van der Waals surface area contributed by atoms with E-state index in [1.165, 1.54) is 5.06 Å². The van der Waals surface area contributed by atoms with E-state index in [1.807, 2.05) is 0 Å². The van der Waals surface area contributed by atoms with E-state index in [0.29, 0.717) is 36.1 Å². The van der Waals surface area contributed by atoms with Crippen LogP contribution < -0.4 is 5.06 Å². The Balaban J connectivity index is 2.30. The summed E-state index contributed by atoms with van der Waals surface area (Å²) in [5.41, 5.74) is 0.652. The number of carbonyl (C=O) groups is 3. The van der Waals surface area contributed by atoms with E-state index < -0.39 is 18.1 Å². The summed E-state index contributed by atoms with van der Waals surface area (Å²) in [6.45, 7) is 0. The fourth-order valence-corrected chi connectivity index (χ4v) is 2.35. The van der Waals surface area contributed by atoms with E-state index >= 15 is 0 Å². The first-order valence-electron chi connectivity index (χ1n) is 6.27. The predicted molar refractivity (Wildman–Crippen MR) is 73.5 cm³/mol. The van der Waals surface area contributed by atoms with Crippen molar-refractivity contribution in [1.82, 2.24) is 0 Å². The third kappa shape index (κ3) is 3.05. The zero-order valence-electron chi connectivity index (χ0n) is 10.6. The van der Waals surface area contributed by atoms with Crippen LogP contribution in [0.25, 0.3) is 0 Å². The van der Waals surface area contributed by atoms with Gasteiger partial charge in [0.25, 0.3) is 0 Å². The number of benzene rings is 1. The SMILES string of the molecule is O=CC(C=O)[C@H]1CC[C@H](C=O)ON1c1ccc(Cl)cc1. The number of hydrogen-bond donors (Lipinski definition) is 0. The molecular weight excluding hydrogens is 282 g/mol. The zero-order valence-corrected chi connectivity index (χ0v) is 11.4. The van der Waals surface area contributed by atoms with E-state index in [4.69, 9.17) is 16.4 Å². The Labute approximate surface area is 121 Å². The van der Waals surface area contributed by atoms with E-state index in [0.717, 1.165) is 6.29 Å². The molecule has 1 aromatic carbocycles. The highest BCUT2D eigenvalue weighted by molar-refractivity contribution is 6.30. The first-order valence-corrected chi connectivity index (χ1v) is 6.65. The summed E-state index contributed by atoms with van der Waals surface area (Å²) in [5.74, 6) is -0.793. The molecule has 0 unspecified atom stereocenters. The van der Waals surface area contributed by atoms with E-state index in [1.54, 1.807) is 24.3 Å². The molecule has 5 nitrogen and oxygen atoms in total. The quantitative estimate of drug-likeness (QED) is 0.612. The van der Waals surface area contributed by atoms with Gasteiger partial charge in [-0.25, -0.2) is 5.06 Å². The Kier molecular flexibility index (Phi) is 4.87. The molecule has 0 aromatic heterocycles. The Morgan fingerprint density at radius 2 is 1.80 bits per heavy atom. The maximum atomic E-state index is 11.0. The molecule has 0 bridgehead atoms. The van der Waals surface area contributed by atoms with Gasteiger partial charge < -0.3 is 14.4 Å². The van der Waals surface area contributed by atoms with Gasteiger partial charge in [-0.05, 0) is 37.1 Å². The average molecular weight is 296 g/mol. The van der Waals surface area contributed by atoms with Gasteiger partial charge in [0.05, 0.1) is 17.6 Å². The normalized spacial score (nSPS) is 22.6. The van der Waals surface area contributed by atoms with Crippen LogP contribution in [0.5, 0.6) is 0 Å². The lowest BCUT2D eigenvalue weighted by molar-refractivity contribution is -0.128. The van der Waals surface area contributed by atoms with Crippen LogP contribution in [0.1, 0.15) is 12.8 Å². The number of carbonyl (C=O) groups excluding carboxylic acids is 3. The van der Waals surface area contributed by atoms with Crippen LogP contribution in [-0.4, -0.2) is 31.0 Å². The molecule has 1 fully saturated rings. The van der Waals surface area contributed by atoms with Crippen LogP contribution in [-0.2, 0) is 19.2 Å². The van der Waals surface area contributed by atoms with Gasteiger partial charge in [0.2, 0.25) is 0 Å². The van der Waals surface area contributed by atoms with Gasteiger partial charge in [0.1, 0.15) is 18.7 Å². The molecule has 0 amide bonds. The maximum absolute atomic E-state index is 11.0. The Morgan fingerprint density at radius 1 is 1.15 bits per heavy atom. The summed E-state index contributed by atoms with van der Waals surface area (Å²) in [7, 11) is 0. The number of rotatable bonds is 5. The zero-order chi connectivity index (χ0) is 14.5. The number of hydrogen-bond acceptors (Lipinski definition) is 5. The molecule has 106 valence electrons. The molecule has 6 heteroatoms. The summed E-state index contributed by atoms with van der Waals surface area (Å²) in [6, 6.07) is 6.38. The highest BCUT2D eigenvalue weighted by Crippen LogP contribution is 2.30. The van der Waals surface area contributed by atoms with E-state index in [2.05, 4.69) is 0 Å². The lowest BCUT2D eigenvalue weighted by atomic mass is 9.94. The lowest BCUT2D eigenvalue weighted by Gasteiger charge is -2.39. The van der Waals surface area contributed by atoms with Crippen molar-refractivity contribution in [2.24, 2.45) is 5.92 Å². The number of aldehydes is 3. The topological polar surface area (TPSA) is 63.7 Å². The number of hydroxylamine groups is 1. The molecule has 1 heterocycles. The van der Waals surface area contributed by atoms with Gasteiger partial charge in [-0.3, -0.25) is 4.84 Å². The van der Waals surface area contributed by atoms with Crippen LogP contribution in [0.15, 0.2) is 24.3 Å². The van der Waals surface area contributed by atoms with Crippen molar-refractivity contribution in [1.29, 1.82) is 0 Å². The van der Waals surface area contributed by atoms with Gasteiger partial charge in [0, 0.05) is 5.02 Å². The van der Waals surface area contributed by atoms with Gasteiger partial charge in [0.15, 0.2) is 6.29 Å². The van der Waals surface area contributed by atoms with Crippen LogP contribution in [0.3, 0.4) is 0 Å². The van der Waals surface area contributed by atoms with Crippen molar-refractivity contribution in [3.8, 4) is 0 Å². The number of halogens is 1. The van der Waals surface area contributed by atoms with Crippen molar-refractivity contribution >= 4 is 36.1 Å². The fraction of sp³-hybridized carbons (Fsp3) is 0.357. The highest BCUT2D eigenvalue weighted by atomic mass is 35.5. The molecule has 2 rings (SSSR count). The van der Waals surface area contributed by atoms with Gasteiger partial charge >= 0.3 is 0 Å². The smallest absolute Gasteiger partial charge is 0.151 e. The second kappa shape index (κ2) is 6.63. The van der Waals surface area contributed by atoms with Crippen molar-refractivity contribution in [2.45, 2.75) is 25.0 Å². The molecule has 1 saturated heterocycles. The van der Waals surface area contributed by atoms with Gasteiger partial charge in [-0.2, -0.15) is 0 Å². The molecule has 0 aliphatic carbocycles. The Hall–Kier alpha value is -1.72. The van der Waals surface area contributed by atoms with Crippen molar-refractivity contribution in [3.63, 3.8) is 0 Å². The van der Waals surface area contributed by atoms with Crippen LogP contribution in [0.2, 0.25) is 5.02 Å². The third-order valence-electron chi connectivity index (χ3n) is 3.29. The molecule has 0 saturated carbocycles. The minimum atomic E-state index is -0.793. The van der Waals surface area contributed by atoms with Crippen LogP contribution >= 0.6 is 11.6 Å². The van der Waals surface area contributed by atoms with Crippen molar-refractivity contribution < 1.29 is 19.2 Å². The molecular formula is C14H14ClNO4. The maximum Gasteiger partial charge on any atom is 0.151 e. The summed E-state index contributed by atoms with van der Waals surface area (Å²) in [4.78, 5) is 38.5. The monoisotopic (exact) mass is 295 g/mol. The molecule has 1 aliphatic rings. The predicted octanol–water partition coefficient (Wildman–Crippen LogP) is 1.82. The molecule has 0 spiro atoms. The first kappa shape index (κ1) is 14.7. The fourth-order valence-electron chi connectivity index (χ4n) is 2.22. The molecule has 20 heavy (non-hydrogen) atoms. The molecule has 1 aliphatic heterocycles.